The van der Waals surface area contributed by atoms with Gasteiger partial charge in [-0.1, -0.05) is 0 Å². The van der Waals surface area contributed by atoms with Crippen LogP contribution in [-0.4, -0.2) is 23.0 Å². The van der Waals surface area contributed by atoms with Crippen molar-refractivity contribution >= 4 is 5.52 Å². The van der Waals surface area contributed by atoms with Crippen LogP contribution in [0.3, 0.4) is 0 Å². The number of likely N-dealkylation sites (N-methyl/N-ethyl adjacent to an activating group) is 1. The van der Waals surface area contributed by atoms with Crippen molar-refractivity contribution in [2.75, 3.05) is 13.6 Å². The monoisotopic (exact) mass is 214 g/mol. The number of nitriles is 1. The Morgan fingerprint density at radius 2 is 2.38 bits per heavy atom. The normalized spacial score (nSPS) is 10.6. The predicted molar refractivity (Wildman–Crippen MR) is 62.3 cm³/mol. The van der Waals surface area contributed by atoms with Gasteiger partial charge in [0.25, 0.3) is 0 Å². The third-order valence-corrected chi connectivity index (χ3v) is 2.58. The summed E-state index contributed by atoms with van der Waals surface area (Å²) in [5.74, 6) is 0.931. The van der Waals surface area contributed by atoms with E-state index in [1.54, 1.807) is 0 Å². The topological polar surface area (TPSA) is 53.1 Å². The van der Waals surface area contributed by atoms with E-state index in [9.17, 15) is 0 Å². The van der Waals surface area contributed by atoms with E-state index in [1.807, 2.05) is 36.7 Å². The average Bonchev–Trinajstić information content (AvgIpc) is 2.63. The Morgan fingerprint density at radius 3 is 3.06 bits per heavy atom. The highest BCUT2D eigenvalue weighted by Gasteiger charge is 2.09. The molecule has 0 saturated heterocycles. The van der Waals surface area contributed by atoms with Crippen molar-refractivity contribution in [3.63, 3.8) is 0 Å². The maximum atomic E-state index is 9.02. The molecule has 0 aliphatic rings. The summed E-state index contributed by atoms with van der Waals surface area (Å²) in [7, 11) is 1.91. The summed E-state index contributed by atoms with van der Waals surface area (Å²) in [5.41, 5.74) is 2.55. The van der Waals surface area contributed by atoms with Crippen LogP contribution in [0.15, 0.2) is 18.3 Å². The van der Waals surface area contributed by atoms with E-state index in [1.165, 1.54) is 0 Å². The molecule has 0 amide bonds. The number of nitrogens with one attached hydrogen (secondary N) is 1. The van der Waals surface area contributed by atoms with Crippen molar-refractivity contribution in [2.45, 2.75) is 13.3 Å². The Bertz CT molecular complexity index is 548. The summed E-state index contributed by atoms with van der Waals surface area (Å²) in [6.07, 6.45) is 2.80. The lowest BCUT2D eigenvalue weighted by molar-refractivity contribution is 0.753. The number of pyridine rings is 1. The molecule has 4 nitrogen and oxygen atoms in total. The lowest BCUT2D eigenvalue weighted by atomic mass is 10.2. The van der Waals surface area contributed by atoms with Crippen LogP contribution in [0.1, 0.15) is 17.1 Å². The van der Waals surface area contributed by atoms with E-state index < -0.39 is 0 Å². The van der Waals surface area contributed by atoms with Gasteiger partial charge in [-0.05, 0) is 31.7 Å². The maximum Gasteiger partial charge on any atom is 0.166 e. The van der Waals surface area contributed by atoms with Crippen molar-refractivity contribution in [3.05, 3.63) is 35.4 Å². The summed E-state index contributed by atoms with van der Waals surface area (Å²) >= 11 is 0. The summed E-state index contributed by atoms with van der Waals surface area (Å²) in [6.45, 7) is 2.87. The summed E-state index contributed by atoms with van der Waals surface area (Å²) in [6, 6.07) is 6.16. The molecule has 0 atom stereocenters. The SMILES string of the molecule is CNCCc1nc(C#N)c2cc(C)ccn12. The smallest absolute Gasteiger partial charge is 0.166 e. The number of hydrogen-bond acceptors (Lipinski definition) is 3. The van der Waals surface area contributed by atoms with Gasteiger partial charge in [-0.3, -0.25) is 0 Å². The largest absolute Gasteiger partial charge is 0.319 e. The molecule has 0 bridgehead atoms. The van der Waals surface area contributed by atoms with Crippen LogP contribution in [0.2, 0.25) is 0 Å². The third kappa shape index (κ3) is 1.77. The fourth-order valence-corrected chi connectivity index (χ4v) is 1.75. The predicted octanol–water partition coefficient (Wildman–Crippen LogP) is 1.28. The number of fused-ring (bicyclic) bond motifs is 1. The van der Waals surface area contributed by atoms with Crippen LogP contribution < -0.4 is 5.32 Å². The molecule has 0 aliphatic heterocycles. The zero-order valence-corrected chi connectivity index (χ0v) is 9.49. The van der Waals surface area contributed by atoms with Crippen LogP contribution in [0, 0.1) is 18.3 Å². The van der Waals surface area contributed by atoms with Gasteiger partial charge in [0.15, 0.2) is 5.69 Å². The summed E-state index contributed by atoms with van der Waals surface area (Å²) in [4.78, 5) is 4.35. The number of rotatable bonds is 3. The minimum absolute atomic E-state index is 0.509. The Kier molecular flexibility index (Phi) is 2.88. The molecule has 0 unspecified atom stereocenters. The molecule has 1 N–H and O–H groups in total. The lowest BCUT2D eigenvalue weighted by Gasteiger charge is -2.01. The Morgan fingerprint density at radius 1 is 1.56 bits per heavy atom. The number of imidazole rings is 1. The number of aromatic nitrogens is 2. The molecule has 0 spiro atoms. The molecule has 0 aromatic carbocycles. The Hall–Kier alpha value is -1.86. The minimum Gasteiger partial charge on any atom is -0.319 e. The second-order valence-corrected chi connectivity index (χ2v) is 3.80. The standard InChI is InChI=1S/C12H14N4/c1-9-4-6-16-11(7-9)10(8-13)15-12(16)3-5-14-2/h4,6-7,14H,3,5H2,1-2H3. The van der Waals surface area contributed by atoms with Crippen molar-refractivity contribution < 1.29 is 0 Å². The van der Waals surface area contributed by atoms with Gasteiger partial charge in [0.2, 0.25) is 0 Å². The summed E-state index contributed by atoms with van der Waals surface area (Å²) < 4.78 is 1.99. The van der Waals surface area contributed by atoms with Crippen molar-refractivity contribution in [1.82, 2.24) is 14.7 Å². The van der Waals surface area contributed by atoms with Crippen molar-refractivity contribution in [3.8, 4) is 6.07 Å². The number of aryl methyl sites for hydroxylation is 1. The first-order chi connectivity index (χ1) is 7.76. The molecule has 2 aromatic rings. The van der Waals surface area contributed by atoms with E-state index in [-0.39, 0.29) is 0 Å². The van der Waals surface area contributed by atoms with Crippen LogP contribution >= 0.6 is 0 Å². The van der Waals surface area contributed by atoms with Gasteiger partial charge >= 0.3 is 0 Å². The van der Waals surface area contributed by atoms with Crippen molar-refractivity contribution in [1.29, 1.82) is 5.26 Å². The molecule has 0 saturated carbocycles. The van der Waals surface area contributed by atoms with E-state index in [0.29, 0.717) is 5.69 Å². The molecular weight excluding hydrogens is 200 g/mol. The van der Waals surface area contributed by atoms with Gasteiger partial charge in [0, 0.05) is 19.2 Å². The van der Waals surface area contributed by atoms with Gasteiger partial charge in [-0.25, -0.2) is 4.98 Å². The highest BCUT2D eigenvalue weighted by atomic mass is 15.0. The molecule has 4 heteroatoms. The van der Waals surface area contributed by atoms with Crippen LogP contribution in [0.25, 0.3) is 5.52 Å². The molecule has 0 aliphatic carbocycles. The first-order valence-electron chi connectivity index (χ1n) is 5.28. The van der Waals surface area contributed by atoms with E-state index in [2.05, 4.69) is 16.4 Å². The average molecular weight is 214 g/mol. The van der Waals surface area contributed by atoms with E-state index >= 15 is 0 Å². The molecular formula is C12H14N4. The second-order valence-electron chi connectivity index (χ2n) is 3.80. The minimum atomic E-state index is 0.509. The number of nitrogens with zero attached hydrogens (tertiary/aromatic N) is 3. The molecule has 2 heterocycles. The Labute approximate surface area is 94.5 Å². The third-order valence-electron chi connectivity index (χ3n) is 2.58. The Balaban J connectivity index is 2.55. The number of hydrogen-bond donors (Lipinski definition) is 1. The first-order valence-corrected chi connectivity index (χ1v) is 5.28. The maximum absolute atomic E-state index is 9.02. The van der Waals surface area contributed by atoms with Gasteiger partial charge in [-0.2, -0.15) is 5.26 Å². The highest BCUT2D eigenvalue weighted by Crippen LogP contribution is 2.14. The van der Waals surface area contributed by atoms with E-state index in [0.717, 1.165) is 29.9 Å². The van der Waals surface area contributed by atoms with Gasteiger partial charge < -0.3 is 9.72 Å². The molecule has 0 fully saturated rings. The van der Waals surface area contributed by atoms with Gasteiger partial charge in [0.05, 0.1) is 5.52 Å². The summed E-state index contributed by atoms with van der Waals surface area (Å²) in [5, 5.41) is 12.1. The fourth-order valence-electron chi connectivity index (χ4n) is 1.75. The van der Waals surface area contributed by atoms with E-state index in [4.69, 9.17) is 5.26 Å². The first kappa shape index (κ1) is 10.7. The molecule has 2 aromatic heterocycles. The van der Waals surface area contributed by atoms with Crippen LogP contribution in [0.5, 0.6) is 0 Å². The molecule has 0 radical (unpaired) electrons. The quantitative estimate of drug-likeness (QED) is 0.837. The molecule has 16 heavy (non-hydrogen) atoms. The lowest BCUT2D eigenvalue weighted by Crippen LogP contribution is -2.12. The van der Waals surface area contributed by atoms with Gasteiger partial charge in [-0.15, -0.1) is 0 Å². The molecule has 2 rings (SSSR count). The fraction of sp³-hybridized carbons (Fsp3) is 0.333. The van der Waals surface area contributed by atoms with Crippen LogP contribution in [0.4, 0.5) is 0 Å². The highest BCUT2D eigenvalue weighted by molar-refractivity contribution is 5.59. The second kappa shape index (κ2) is 4.33. The van der Waals surface area contributed by atoms with Crippen LogP contribution in [-0.2, 0) is 6.42 Å². The zero-order chi connectivity index (χ0) is 11.5. The zero-order valence-electron chi connectivity index (χ0n) is 9.49. The van der Waals surface area contributed by atoms with Crippen molar-refractivity contribution in [2.24, 2.45) is 0 Å². The van der Waals surface area contributed by atoms with Gasteiger partial charge in [0.1, 0.15) is 11.9 Å². The molecule has 82 valence electrons.